The van der Waals surface area contributed by atoms with Crippen molar-refractivity contribution in [2.75, 3.05) is 0 Å². The van der Waals surface area contributed by atoms with Gasteiger partial charge in [-0.05, 0) is 36.9 Å². The SMILES string of the molecule is CC(C)(C)O[Si]c1ccccc1C(C)(C)C. The molecule has 88 valence electrons. The van der Waals surface area contributed by atoms with Crippen LogP contribution >= 0.6 is 0 Å². The van der Waals surface area contributed by atoms with Crippen LogP contribution in [0.1, 0.15) is 47.1 Å². The molecule has 0 atom stereocenters. The predicted octanol–water partition coefficient (Wildman–Crippen LogP) is 3.04. The van der Waals surface area contributed by atoms with E-state index in [1.807, 2.05) is 0 Å². The summed E-state index contributed by atoms with van der Waals surface area (Å²) in [5.41, 5.74) is 1.51. The third kappa shape index (κ3) is 4.10. The van der Waals surface area contributed by atoms with Crippen molar-refractivity contribution in [3.63, 3.8) is 0 Å². The lowest BCUT2D eigenvalue weighted by Crippen LogP contribution is -2.33. The molecule has 0 saturated carbocycles. The molecule has 2 radical (unpaired) electrons. The molecule has 0 aliphatic rings. The van der Waals surface area contributed by atoms with E-state index in [2.05, 4.69) is 65.8 Å². The normalized spacial score (nSPS) is 12.9. The Morgan fingerprint density at radius 2 is 1.50 bits per heavy atom. The van der Waals surface area contributed by atoms with Crippen LogP contribution in [0.3, 0.4) is 0 Å². The average Bonchev–Trinajstić information content (AvgIpc) is 2.12. The second kappa shape index (κ2) is 4.72. The molecule has 0 aromatic heterocycles. The zero-order valence-electron chi connectivity index (χ0n) is 11.2. The van der Waals surface area contributed by atoms with E-state index in [4.69, 9.17) is 4.43 Å². The maximum atomic E-state index is 5.88. The van der Waals surface area contributed by atoms with Gasteiger partial charge in [-0.25, -0.2) is 0 Å². The summed E-state index contributed by atoms with van der Waals surface area (Å²) in [5.74, 6) is 0. The van der Waals surface area contributed by atoms with Crippen LogP contribution in [0.15, 0.2) is 24.3 Å². The first-order valence-corrected chi connectivity index (χ1v) is 6.64. The van der Waals surface area contributed by atoms with E-state index in [0.29, 0.717) is 9.76 Å². The second-order valence-corrected chi connectivity index (χ2v) is 7.06. The van der Waals surface area contributed by atoms with Gasteiger partial charge in [0.2, 0.25) is 0 Å². The van der Waals surface area contributed by atoms with E-state index in [1.165, 1.54) is 10.8 Å². The lowest BCUT2D eigenvalue weighted by molar-refractivity contribution is 0.141. The van der Waals surface area contributed by atoms with Crippen LogP contribution in [0.5, 0.6) is 0 Å². The largest absolute Gasteiger partial charge is 0.407 e. The molecule has 0 bridgehead atoms. The van der Waals surface area contributed by atoms with Crippen molar-refractivity contribution >= 4 is 14.9 Å². The van der Waals surface area contributed by atoms with Crippen LogP contribution in [-0.4, -0.2) is 15.4 Å². The Kier molecular flexibility index (Phi) is 3.97. The highest BCUT2D eigenvalue weighted by atomic mass is 28.2. The van der Waals surface area contributed by atoms with E-state index in [-0.39, 0.29) is 11.0 Å². The fraction of sp³-hybridized carbons (Fsp3) is 0.571. The third-order valence-electron chi connectivity index (χ3n) is 2.20. The Bertz CT molecular complexity index is 344. The smallest absolute Gasteiger partial charge is 0.269 e. The molecular formula is C14H22OSi. The molecule has 1 aromatic rings. The van der Waals surface area contributed by atoms with Crippen molar-refractivity contribution in [3.8, 4) is 0 Å². The number of benzene rings is 1. The Balaban J connectivity index is 2.88. The molecule has 1 rings (SSSR count). The molecule has 0 saturated heterocycles. The first kappa shape index (κ1) is 13.5. The molecule has 0 aliphatic heterocycles. The van der Waals surface area contributed by atoms with E-state index >= 15 is 0 Å². The highest BCUT2D eigenvalue weighted by Gasteiger charge is 2.19. The summed E-state index contributed by atoms with van der Waals surface area (Å²) in [6.45, 7) is 13.0. The molecule has 0 fully saturated rings. The van der Waals surface area contributed by atoms with Gasteiger partial charge in [0.15, 0.2) is 0 Å². The fourth-order valence-corrected chi connectivity index (χ4v) is 2.58. The number of hydrogen-bond donors (Lipinski definition) is 0. The maximum Gasteiger partial charge on any atom is 0.269 e. The van der Waals surface area contributed by atoms with Crippen molar-refractivity contribution in [1.29, 1.82) is 0 Å². The minimum absolute atomic E-state index is 0.0660. The van der Waals surface area contributed by atoms with Gasteiger partial charge in [-0.3, -0.25) is 0 Å². The van der Waals surface area contributed by atoms with Crippen molar-refractivity contribution in [2.24, 2.45) is 0 Å². The molecule has 1 aromatic carbocycles. The summed E-state index contributed by atoms with van der Waals surface area (Å²) in [6.07, 6.45) is 0. The predicted molar refractivity (Wildman–Crippen MR) is 71.4 cm³/mol. The van der Waals surface area contributed by atoms with Gasteiger partial charge < -0.3 is 4.43 Å². The molecule has 1 nitrogen and oxygen atoms in total. The molecule has 0 heterocycles. The second-order valence-electron chi connectivity index (χ2n) is 6.11. The third-order valence-corrected chi connectivity index (χ3v) is 3.57. The molecule has 0 amide bonds. The van der Waals surface area contributed by atoms with Crippen molar-refractivity contribution in [3.05, 3.63) is 29.8 Å². The monoisotopic (exact) mass is 234 g/mol. The van der Waals surface area contributed by atoms with Gasteiger partial charge in [0.05, 0.1) is 0 Å². The van der Waals surface area contributed by atoms with Gasteiger partial charge in [0, 0.05) is 5.60 Å². The Morgan fingerprint density at radius 3 is 2.00 bits per heavy atom. The van der Waals surface area contributed by atoms with Gasteiger partial charge in [-0.15, -0.1) is 0 Å². The quantitative estimate of drug-likeness (QED) is 0.715. The first-order valence-electron chi connectivity index (χ1n) is 5.74. The van der Waals surface area contributed by atoms with Gasteiger partial charge in [-0.2, -0.15) is 0 Å². The highest BCUT2D eigenvalue weighted by molar-refractivity contribution is 6.47. The van der Waals surface area contributed by atoms with E-state index < -0.39 is 0 Å². The first-order chi connectivity index (χ1) is 7.20. The molecular weight excluding hydrogens is 212 g/mol. The van der Waals surface area contributed by atoms with Gasteiger partial charge in [0.25, 0.3) is 9.76 Å². The summed E-state index contributed by atoms with van der Waals surface area (Å²) >= 11 is 0. The average molecular weight is 234 g/mol. The van der Waals surface area contributed by atoms with Crippen LogP contribution in [0, 0.1) is 0 Å². The maximum absolute atomic E-state index is 5.88. The summed E-state index contributed by atoms with van der Waals surface area (Å²) < 4.78 is 5.88. The molecule has 0 N–H and O–H groups in total. The van der Waals surface area contributed by atoms with Crippen LogP contribution in [-0.2, 0) is 9.84 Å². The standard InChI is InChI=1S/C14H22OSi/c1-13(2,3)11-9-7-8-10-12(11)16-15-14(4,5)6/h7-10H,1-6H3. The summed E-state index contributed by atoms with van der Waals surface area (Å²) in [6, 6.07) is 8.56. The van der Waals surface area contributed by atoms with Crippen molar-refractivity contribution in [1.82, 2.24) is 0 Å². The minimum atomic E-state index is -0.0660. The molecule has 16 heavy (non-hydrogen) atoms. The van der Waals surface area contributed by atoms with Crippen LogP contribution in [0.25, 0.3) is 0 Å². The van der Waals surface area contributed by atoms with Crippen molar-refractivity contribution in [2.45, 2.75) is 52.6 Å². The minimum Gasteiger partial charge on any atom is -0.407 e. The van der Waals surface area contributed by atoms with E-state index in [0.717, 1.165) is 0 Å². The van der Waals surface area contributed by atoms with Gasteiger partial charge >= 0.3 is 0 Å². The van der Waals surface area contributed by atoms with Crippen LogP contribution < -0.4 is 5.19 Å². The summed E-state index contributed by atoms with van der Waals surface area (Å²) in [7, 11) is 0.428. The van der Waals surface area contributed by atoms with Gasteiger partial charge in [-0.1, -0.05) is 45.0 Å². The zero-order valence-corrected chi connectivity index (χ0v) is 12.2. The topological polar surface area (TPSA) is 9.23 Å². The lowest BCUT2D eigenvalue weighted by atomic mass is 9.87. The molecule has 0 aliphatic carbocycles. The van der Waals surface area contributed by atoms with E-state index in [9.17, 15) is 0 Å². The lowest BCUT2D eigenvalue weighted by Gasteiger charge is -2.25. The van der Waals surface area contributed by atoms with Gasteiger partial charge in [0.1, 0.15) is 0 Å². The Hall–Kier alpha value is -0.603. The molecule has 2 heteroatoms. The van der Waals surface area contributed by atoms with Crippen LogP contribution in [0.2, 0.25) is 0 Å². The fourth-order valence-electron chi connectivity index (χ4n) is 1.43. The molecule has 0 unspecified atom stereocenters. The summed E-state index contributed by atoms with van der Waals surface area (Å²) in [4.78, 5) is 0. The Morgan fingerprint density at radius 1 is 0.938 bits per heavy atom. The Labute approximate surface area is 102 Å². The zero-order chi connectivity index (χ0) is 12.4. The number of rotatable bonds is 2. The highest BCUT2D eigenvalue weighted by Crippen LogP contribution is 2.20. The van der Waals surface area contributed by atoms with Crippen LogP contribution in [0.4, 0.5) is 0 Å². The molecule has 0 spiro atoms. The van der Waals surface area contributed by atoms with E-state index in [1.54, 1.807) is 0 Å². The summed E-state index contributed by atoms with van der Waals surface area (Å²) in [5, 5.41) is 1.32. The van der Waals surface area contributed by atoms with Crippen molar-refractivity contribution < 1.29 is 4.43 Å². The number of hydrogen-bond acceptors (Lipinski definition) is 1.